The summed E-state index contributed by atoms with van der Waals surface area (Å²) in [6.07, 6.45) is 0. The minimum Gasteiger partial charge on any atom is -0.228 e. The molecule has 1 heterocycles. The fourth-order valence-corrected chi connectivity index (χ4v) is 10.5. The summed E-state index contributed by atoms with van der Waals surface area (Å²) in [5, 5.41) is 7.48. The van der Waals surface area contributed by atoms with Gasteiger partial charge in [-0.15, -0.1) is 0 Å². The van der Waals surface area contributed by atoms with E-state index in [0.29, 0.717) is 0 Å². The Bertz CT molecular complexity index is 3430. The Morgan fingerprint density at radius 3 is 1.53 bits per heavy atom. The third-order valence-corrected chi connectivity index (χ3v) is 13.7. The molecule has 0 N–H and O–H groups in total. The van der Waals surface area contributed by atoms with Crippen LogP contribution in [0.25, 0.3) is 99.6 Å². The van der Waals surface area contributed by atoms with E-state index in [-0.39, 0.29) is 10.8 Å². The third-order valence-electron chi connectivity index (χ3n) is 13.7. The first-order valence-corrected chi connectivity index (χ1v) is 21.1. The Kier molecular flexibility index (Phi) is 7.36. The van der Waals surface area contributed by atoms with E-state index < -0.39 is 0 Å². The minimum absolute atomic E-state index is 0.119. The quantitative estimate of drug-likeness (QED) is 0.178. The van der Waals surface area contributed by atoms with Crippen molar-refractivity contribution in [2.45, 2.75) is 38.5 Å². The molecule has 0 atom stereocenters. The Morgan fingerprint density at radius 1 is 0.317 bits per heavy atom. The van der Waals surface area contributed by atoms with Crippen LogP contribution in [0.4, 0.5) is 0 Å². The van der Waals surface area contributed by atoms with Gasteiger partial charge in [0.25, 0.3) is 0 Å². The molecule has 0 saturated carbocycles. The highest BCUT2D eigenvalue weighted by atomic mass is 14.9. The minimum atomic E-state index is -0.154. The Morgan fingerprint density at radius 2 is 0.833 bits per heavy atom. The van der Waals surface area contributed by atoms with Gasteiger partial charge in [-0.05, 0) is 124 Å². The molecule has 0 saturated heterocycles. The second kappa shape index (κ2) is 12.7. The monoisotopic (exact) mass is 766 g/mol. The Labute approximate surface area is 350 Å². The molecule has 10 aromatic rings. The van der Waals surface area contributed by atoms with Crippen molar-refractivity contribution in [2.24, 2.45) is 0 Å². The molecule has 2 aliphatic carbocycles. The van der Waals surface area contributed by atoms with E-state index in [2.05, 4.69) is 210 Å². The van der Waals surface area contributed by atoms with E-state index in [1.54, 1.807) is 0 Å². The van der Waals surface area contributed by atoms with Gasteiger partial charge in [-0.1, -0.05) is 173 Å². The second-order valence-corrected chi connectivity index (χ2v) is 17.8. The van der Waals surface area contributed by atoms with E-state index in [1.807, 2.05) is 0 Å². The number of hydrogen-bond donors (Lipinski definition) is 0. The zero-order valence-electron chi connectivity index (χ0n) is 34.2. The van der Waals surface area contributed by atoms with Crippen molar-refractivity contribution >= 4 is 32.3 Å². The lowest BCUT2D eigenvalue weighted by Crippen LogP contribution is -2.15. The Balaban J connectivity index is 1.03. The van der Waals surface area contributed by atoms with Crippen molar-refractivity contribution in [3.05, 3.63) is 204 Å². The predicted molar refractivity (Wildman–Crippen MR) is 251 cm³/mol. The number of benzene rings is 9. The maximum atomic E-state index is 5.38. The van der Waals surface area contributed by atoms with E-state index in [0.717, 1.165) is 33.9 Å². The van der Waals surface area contributed by atoms with Crippen molar-refractivity contribution in [1.82, 2.24) is 9.97 Å². The van der Waals surface area contributed by atoms with Crippen LogP contribution in [-0.4, -0.2) is 9.97 Å². The van der Waals surface area contributed by atoms with Crippen LogP contribution in [-0.2, 0) is 10.8 Å². The fraction of sp³-hybridized carbons (Fsp3) is 0.103. The molecule has 0 bridgehead atoms. The maximum Gasteiger partial charge on any atom is 0.160 e. The van der Waals surface area contributed by atoms with Crippen molar-refractivity contribution in [3.8, 4) is 67.3 Å². The van der Waals surface area contributed by atoms with Gasteiger partial charge in [-0.3, -0.25) is 0 Å². The summed E-state index contributed by atoms with van der Waals surface area (Å²) >= 11 is 0. The van der Waals surface area contributed by atoms with E-state index in [9.17, 15) is 0 Å². The first-order chi connectivity index (χ1) is 29.2. The van der Waals surface area contributed by atoms with Crippen LogP contribution in [0.15, 0.2) is 182 Å². The summed E-state index contributed by atoms with van der Waals surface area (Å²) in [7, 11) is 0. The van der Waals surface area contributed by atoms with Gasteiger partial charge in [0.05, 0.1) is 11.4 Å². The van der Waals surface area contributed by atoms with Crippen molar-refractivity contribution in [3.63, 3.8) is 0 Å². The van der Waals surface area contributed by atoms with Crippen LogP contribution < -0.4 is 0 Å². The zero-order valence-corrected chi connectivity index (χ0v) is 34.2. The van der Waals surface area contributed by atoms with Crippen LogP contribution in [0.3, 0.4) is 0 Å². The molecule has 2 aliphatic rings. The molecule has 0 fully saturated rings. The lowest BCUT2D eigenvalue weighted by Gasteiger charge is -2.22. The van der Waals surface area contributed by atoms with Gasteiger partial charge in [0.2, 0.25) is 0 Å². The maximum absolute atomic E-state index is 5.38. The summed E-state index contributed by atoms with van der Waals surface area (Å²) in [6, 6.07) is 66.9. The van der Waals surface area contributed by atoms with Crippen LogP contribution >= 0.6 is 0 Å². The highest BCUT2D eigenvalue weighted by molar-refractivity contribution is 6.06. The van der Waals surface area contributed by atoms with Crippen molar-refractivity contribution < 1.29 is 0 Å². The number of aromatic nitrogens is 2. The largest absolute Gasteiger partial charge is 0.228 e. The fourth-order valence-electron chi connectivity index (χ4n) is 10.5. The number of fused-ring (bicyclic) bond motifs is 9. The predicted octanol–water partition coefficient (Wildman–Crippen LogP) is 15.2. The number of hydrogen-bond acceptors (Lipinski definition) is 2. The third kappa shape index (κ3) is 5.07. The van der Waals surface area contributed by atoms with E-state index >= 15 is 0 Å². The standard InChI is InChI=1S/C58H42N2/c1-57(2)49-24-14-23-46(55(49)48-30-37-18-9-11-20-39(37)32-52(48)57)54-34-53(59-56(60-54)35-15-6-5-7-16-35)45-28-27-41(42-21-12-13-22-43(42)45)40-25-26-44-47-29-36-17-8-10-19-38(36)31-51(47)58(3,4)50(44)33-40/h5-34H,1-4H3. The highest BCUT2D eigenvalue weighted by Crippen LogP contribution is 2.54. The summed E-state index contributed by atoms with van der Waals surface area (Å²) in [4.78, 5) is 10.7. The summed E-state index contributed by atoms with van der Waals surface area (Å²) in [5.74, 6) is 0.720. The van der Waals surface area contributed by atoms with E-state index in [1.165, 1.54) is 88.0 Å². The highest BCUT2D eigenvalue weighted by Gasteiger charge is 2.38. The average molecular weight is 767 g/mol. The first-order valence-electron chi connectivity index (χ1n) is 21.1. The number of nitrogens with zero attached hydrogens (tertiary/aromatic N) is 2. The van der Waals surface area contributed by atoms with E-state index in [4.69, 9.17) is 9.97 Å². The lowest BCUT2D eigenvalue weighted by atomic mass is 9.81. The van der Waals surface area contributed by atoms with Crippen LogP contribution in [0.2, 0.25) is 0 Å². The molecule has 284 valence electrons. The average Bonchev–Trinajstić information content (AvgIpc) is 3.65. The van der Waals surface area contributed by atoms with Gasteiger partial charge in [0.15, 0.2) is 5.82 Å². The van der Waals surface area contributed by atoms with Gasteiger partial charge in [-0.25, -0.2) is 9.97 Å². The molecule has 0 spiro atoms. The van der Waals surface area contributed by atoms with Gasteiger partial charge in [0, 0.05) is 27.5 Å². The second-order valence-electron chi connectivity index (χ2n) is 17.8. The molecular formula is C58H42N2. The van der Waals surface area contributed by atoms with Gasteiger partial charge in [-0.2, -0.15) is 0 Å². The summed E-state index contributed by atoms with van der Waals surface area (Å²) in [6.45, 7) is 9.46. The van der Waals surface area contributed by atoms with Crippen molar-refractivity contribution in [2.75, 3.05) is 0 Å². The lowest BCUT2D eigenvalue weighted by molar-refractivity contribution is 0.661. The summed E-state index contributed by atoms with van der Waals surface area (Å²) in [5.41, 5.74) is 17.9. The van der Waals surface area contributed by atoms with Gasteiger partial charge >= 0.3 is 0 Å². The zero-order chi connectivity index (χ0) is 40.3. The molecule has 2 nitrogen and oxygen atoms in total. The normalized spacial score (nSPS) is 14.3. The van der Waals surface area contributed by atoms with Gasteiger partial charge < -0.3 is 0 Å². The van der Waals surface area contributed by atoms with Crippen LogP contribution in [0.5, 0.6) is 0 Å². The molecule has 0 aliphatic heterocycles. The first kappa shape index (κ1) is 34.8. The molecule has 9 aromatic carbocycles. The molecule has 12 rings (SSSR count). The molecule has 0 amide bonds. The molecule has 0 unspecified atom stereocenters. The Hall–Kier alpha value is -7.16. The SMILES string of the molecule is CC1(C)c2cc(-c3ccc(-c4cc(-c5cccc6c5-c5cc7ccccc7cc5C6(C)C)nc(-c5ccccc5)n4)c4ccccc34)ccc2-c2cc3ccccc3cc21. The van der Waals surface area contributed by atoms with Crippen molar-refractivity contribution in [1.29, 1.82) is 0 Å². The topological polar surface area (TPSA) is 25.8 Å². The molecular weight excluding hydrogens is 725 g/mol. The van der Waals surface area contributed by atoms with Crippen LogP contribution in [0.1, 0.15) is 49.9 Å². The smallest absolute Gasteiger partial charge is 0.160 e. The molecule has 2 heteroatoms. The molecule has 0 radical (unpaired) electrons. The number of rotatable bonds is 4. The van der Waals surface area contributed by atoms with Gasteiger partial charge in [0.1, 0.15) is 0 Å². The van der Waals surface area contributed by atoms with Crippen LogP contribution in [0, 0.1) is 0 Å². The molecule has 60 heavy (non-hydrogen) atoms. The summed E-state index contributed by atoms with van der Waals surface area (Å²) < 4.78 is 0. The molecule has 1 aromatic heterocycles.